The van der Waals surface area contributed by atoms with Gasteiger partial charge < -0.3 is 10.5 Å². The molecule has 2 aromatic rings. The van der Waals surface area contributed by atoms with E-state index >= 15 is 0 Å². The first kappa shape index (κ1) is 13.9. The minimum atomic E-state index is -0.468. The van der Waals surface area contributed by atoms with Crippen LogP contribution in [0.1, 0.15) is 16.7 Å². The van der Waals surface area contributed by atoms with Gasteiger partial charge in [-0.2, -0.15) is 0 Å². The average Bonchev–Trinajstić information content (AvgIpc) is 2.41. The van der Waals surface area contributed by atoms with E-state index in [9.17, 15) is 10.1 Å². The van der Waals surface area contributed by atoms with E-state index < -0.39 is 4.92 Å². The number of nitrogen functional groups attached to an aromatic ring is 1. The fourth-order valence-corrected chi connectivity index (χ4v) is 1.87. The zero-order chi connectivity index (χ0) is 14.7. The molecule has 2 N–H and O–H groups in total. The van der Waals surface area contributed by atoms with Crippen LogP contribution < -0.4 is 10.5 Å². The number of rotatable bonds is 4. The van der Waals surface area contributed by atoms with Crippen molar-refractivity contribution >= 4 is 11.4 Å². The van der Waals surface area contributed by atoms with Gasteiger partial charge in [-0.1, -0.05) is 23.8 Å². The Morgan fingerprint density at radius 1 is 1.20 bits per heavy atom. The summed E-state index contributed by atoms with van der Waals surface area (Å²) >= 11 is 0. The number of hydrogen-bond donors (Lipinski definition) is 1. The molecule has 0 saturated carbocycles. The molecule has 0 amide bonds. The molecule has 0 aromatic heterocycles. The maximum absolute atomic E-state index is 10.7. The lowest BCUT2D eigenvalue weighted by molar-refractivity contribution is -0.384. The zero-order valence-electron chi connectivity index (χ0n) is 11.4. The Kier molecular flexibility index (Phi) is 3.89. The summed E-state index contributed by atoms with van der Waals surface area (Å²) < 4.78 is 5.62. The number of nitrogens with zero attached hydrogens (tertiary/aromatic N) is 1. The first-order chi connectivity index (χ1) is 9.47. The van der Waals surface area contributed by atoms with E-state index in [1.54, 1.807) is 0 Å². The number of nitro benzene ring substituents is 1. The first-order valence-electron chi connectivity index (χ1n) is 6.20. The Balaban J connectivity index is 2.20. The molecule has 0 saturated heterocycles. The summed E-state index contributed by atoms with van der Waals surface area (Å²) in [7, 11) is 0. The van der Waals surface area contributed by atoms with Crippen LogP contribution in [0.5, 0.6) is 5.75 Å². The zero-order valence-corrected chi connectivity index (χ0v) is 11.4. The van der Waals surface area contributed by atoms with Crippen LogP contribution in [0.4, 0.5) is 11.4 Å². The van der Waals surface area contributed by atoms with Crippen LogP contribution >= 0.6 is 0 Å². The van der Waals surface area contributed by atoms with Crippen molar-refractivity contribution in [3.63, 3.8) is 0 Å². The minimum Gasteiger partial charge on any atom is -0.486 e. The van der Waals surface area contributed by atoms with Crippen molar-refractivity contribution in [2.45, 2.75) is 20.5 Å². The third-order valence-corrected chi connectivity index (χ3v) is 3.10. The Hall–Kier alpha value is -2.56. The molecule has 0 aliphatic heterocycles. The predicted molar refractivity (Wildman–Crippen MR) is 77.8 cm³/mol. The first-order valence-corrected chi connectivity index (χ1v) is 6.20. The van der Waals surface area contributed by atoms with Crippen molar-refractivity contribution in [2.24, 2.45) is 0 Å². The van der Waals surface area contributed by atoms with Gasteiger partial charge in [0.1, 0.15) is 12.4 Å². The molecule has 20 heavy (non-hydrogen) atoms. The van der Waals surface area contributed by atoms with Gasteiger partial charge in [-0.05, 0) is 31.0 Å². The van der Waals surface area contributed by atoms with Crippen molar-refractivity contribution in [2.75, 3.05) is 5.73 Å². The van der Waals surface area contributed by atoms with E-state index in [-0.39, 0.29) is 5.69 Å². The van der Waals surface area contributed by atoms with Crippen LogP contribution in [-0.4, -0.2) is 4.92 Å². The van der Waals surface area contributed by atoms with E-state index in [0.717, 1.165) is 16.7 Å². The SMILES string of the molecule is Cc1ccc(C)c(COc2cc([N+](=O)[O-])ccc2N)c1. The molecule has 0 bridgehead atoms. The summed E-state index contributed by atoms with van der Waals surface area (Å²) in [4.78, 5) is 10.3. The van der Waals surface area contributed by atoms with Gasteiger partial charge in [0.2, 0.25) is 0 Å². The molecule has 5 nitrogen and oxygen atoms in total. The van der Waals surface area contributed by atoms with E-state index in [4.69, 9.17) is 10.5 Å². The molecule has 0 atom stereocenters. The number of nitro groups is 1. The van der Waals surface area contributed by atoms with Gasteiger partial charge in [0.25, 0.3) is 5.69 Å². The van der Waals surface area contributed by atoms with E-state index in [2.05, 4.69) is 0 Å². The fourth-order valence-electron chi connectivity index (χ4n) is 1.87. The van der Waals surface area contributed by atoms with Crippen molar-refractivity contribution in [1.82, 2.24) is 0 Å². The summed E-state index contributed by atoms with van der Waals surface area (Å²) in [5.74, 6) is 0.333. The number of benzene rings is 2. The second kappa shape index (κ2) is 5.61. The van der Waals surface area contributed by atoms with Crippen molar-refractivity contribution < 1.29 is 9.66 Å². The number of nitrogens with two attached hydrogens (primary N) is 1. The lowest BCUT2D eigenvalue weighted by Gasteiger charge is -2.11. The van der Waals surface area contributed by atoms with Crippen LogP contribution in [-0.2, 0) is 6.61 Å². The number of ether oxygens (including phenoxy) is 1. The summed E-state index contributed by atoms with van der Waals surface area (Å²) in [5, 5.41) is 10.7. The number of anilines is 1. The second-order valence-corrected chi connectivity index (χ2v) is 4.70. The molecular formula is C15H16N2O3. The summed E-state index contributed by atoms with van der Waals surface area (Å²) in [6.45, 7) is 4.33. The Bertz CT molecular complexity index is 654. The van der Waals surface area contributed by atoms with Gasteiger partial charge in [-0.15, -0.1) is 0 Å². The third-order valence-electron chi connectivity index (χ3n) is 3.10. The Labute approximate surface area is 117 Å². The molecule has 0 heterocycles. The van der Waals surface area contributed by atoms with Crippen molar-refractivity contribution in [3.05, 3.63) is 63.2 Å². The van der Waals surface area contributed by atoms with Crippen LogP contribution in [0.25, 0.3) is 0 Å². The molecule has 2 aromatic carbocycles. The highest BCUT2D eigenvalue weighted by atomic mass is 16.6. The molecule has 0 fully saturated rings. The molecular weight excluding hydrogens is 256 g/mol. The third kappa shape index (κ3) is 3.06. The number of hydrogen-bond acceptors (Lipinski definition) is 4. The van der Waals surface area contributed by atoms with Crippen molar-refractivity contribution in [1.29, 1.82) is 0 Å². The maximum Gasteiger partial charge on any atom is 0.273 e. The van der Waals surface area contributed by atoms with Gasteiger partial charge in [0.05, 0.1) is 16.7 Å². The van der Waals surface area contributed by atoms with Crippen LogP contribution in [0, 0.1) is 24.0 Å². The molecule has 0 unspecified atom stereocenters. The number of non-ortho nitro benzene ring substituents is 1. The maximum atomic E-state index is 10.7. The average molecular weight is 272 g/mol. The molecule has 0 aliphatic rings. The molecule has 0 radical (unpaired) electrons. The van der Waals surface area contributed by atoms with Gasteiger partial charge in [0.15, 0.2) is 0 Å². The second-order valence-electron chi connectivity index (χ2n) is 4.70. The molecule has 0 aliphatic carbocycles. The summed E-state index contributed by atoms with van der Waals surface area (Å²) in [5.41, 5.74) is 9.42. The lowest BCUT2D eigenvalue weighted by atomic mass is 10.1. The number of aryl methyl sites for hydroxylation is 2. The quantitative estimate of drug-likeness (QED) is 0.525. The van der Waals surface area contributed by atoms with E-state index in [1.165, 1.54) is 18.2 Å². The largest absolute Gasteiger partial charge is 0.486 e. The van der Waals surface area contributed by atoms with E-state index in [1.807, 2.05) is 32.0 Å². The summed E-state index contributed by atoms with van der Waals surface area (Å²) in [6, 6.07) is 10.3. The fraction of sp³-hybridized carbons (Fsp3) is 0.200. The van der Waals surface area contributed by atoms with Crippen LogP contribution in [0.3, 0.4) is 0 Å². The highest BCUT2D eigenvalue weighted by Crippen LogP contribution is 2.27. The van der Waals surface area contributed by atoms with Gasteiger partial charge in [-0.3, -0.25) is 10.1 Å². The molecule has 5 heteroatoms. The minimum absolute atomic E-state index is 0.0323. The normalized spacial score (nSPS) is 10.3. The standard InChI is InChI=1S/C15H16N2O3/c1-10-3-4-11(2)12(7-10)9-20-15-8-13(17(18)19)5-6-14(15)16/h3-8H,9,16H2,1-2H3. The van der Waals surface area contributed by atoms with Crippen LogP contribution in [0.2, 0.25) is 0 Å². The molecule has 104 valence electrons. The van der Waals surface area contributed by atoms with Crippen LogP contribution in [0.15, 0.2) is 36.4 Å². The topological polar surface area (TPSA) is 78.4 Å². The van der Waals surface area contributed by atoms with Gasteiger partial charge >= 0.3 is 0 Å². The summed E-state index contributed by atoms with van der Waals surface area (Å²) in [6.07, 6.45) is 0. The van der Waals surface area contributed by atoms with E-state index in [0.29, 0.717) is 18.0 Å². The molecule has 2 rings (SSSR count). The predicted octanol–water partition coefficient (Wildman–Crippen LogP) is 3.37. The van der Waals surface area contributed by atoms with Gasteiger partial charge in [-0.25, -0.2) is 0 Å². The Morgan fingerprint density at radius 3 is 2.65 bits per heavy atom. The monoisotopic (exact) mass is 272 g/mol. The Morgan fingerprint density at radius 2 is 1.95 bits per heavy atom. The smallest absolute Gasteiger partial charge is 0.273 e. The van der Waals surface area contributed by atoms with Crippen molar-refractivity contribution in [3.8, 4) is 5.75 Å². The highest BCUT2D eigenvalue weighted by Gasteiger charge is 2.10. The highest BCUT2D eigenvalue weighted by molar-refractivity contribution is 5.57. The lowest BCUT2D eigenvalue weighted by Crippen LogP contribution is -2.01. The van der Waals surface area contributed by atoms with Gasteiger partial charge in [0, 0.05) is 6.07 Å². The molecule has 0 spiro atoms.